The van der Waals surface area contributed by atoms with Crippen molar-refractivity contribution in [2.24, 2.45) is 0 Å². The summed E-state index contributed by atoms with van der Waals surface area (Å²) in [6.45, 7) is 6.19. The van der Waals surface area contributed by atoms with Gasteiger partial charge in [0.1, 0.15) is 5.82 Å². The molecule has 1 N–H and O–H groups in total. The van der Waals surface area contributed by atoms with Crippen LogP contribution in [0.25, 0.3) is 22.4 Å². The smallest absolute Gasteiger partial charge is 0.411 e. The van der Waals surface area contributed by atoms with Gasteiger partial charge in [-0.25, -0.2) is 19.4 Å². The van der Waals surface area contributed by atoms with E-state index in [9.17, 15) is 9.59 Å². The third-order valence-electron chi connectivity index (χ3n) is 6.66. The fourth-order valence-corrected chi connectivity index (χ4v) is 5.31. The number of nitrogens with zero attached hydrogens (tertiary/aromatic N) is 6. The maximum atomic E-state index is 12.3. The first kappa shape index (κ1) is 25.3. The molecule has 0 aliphatic carbocycles. The van der Waals surface area contributed by atoms with Gasteiger partial charge in [-0.1, -0.05) is 18.7 Å². The second-order valence-electron chi connectivity index (χ2n) is 8.91. The lowest BCUT2D eigenvalue weighted by Gasteiger charge is -2.32. The fraction of sp³-hybridized carbons (Fsp3) is 0.480. The molecule has 11 nitrogen and oxygen atoms in total. The Labute approximate surface area is 219 Å². The van der Waals surface area contributed by atoms with Crippen molar-refractivity contribution >= 4 is 45.6 Å². The molecular weight excluding hydrogens is 494 g/mol. The summed E-state index contributed by atoms with van der Waals surface area (Å²) in [5, 5.41) is 8.48. The van der Waals surface area contributed by atoms with E-state index >= 15 is 0 Å². The first-order valence-electron chi connectivity index (χ1n) is 12.5. The number of morpholine rings is 1. The summed E-state index contributed by atoms with van der Waals surface area (Å²) in [6.07, 6.45) is 2.99. The van der Waals surface area contributed by atoms with Crippen molar-refractivity contribution in [2.75, 3.05) is 62.5 Å². The van der Waals surface area contributed by atoms with Crippen molar-refractivity contribution in [3.8, 4) is 11.4 Å². The molecule has 2 amide bonds. The van der Waals surface area contributed by atoms with E-state index in [1.807, 2.05) is 34.8 Å². The van der Waals surface area contributed by atoms with Crippen molar-refractivity contribution in [1.82, 2.24) is 24.6 Å². The van der Waals surface area contributed by atoms with E-state index in [4.69, 9.17) is 19.8 Å². The number of rotatable bonds is 5. The molecule has 3 aromatic rings. The quantitative estimate of drug-likeness (QED) is 0.527. The molecule has 5 rings (SSSR count). The number of thioether (sulfide) groups is 1. The number of carbonyl (C=O) groups is 2. The van der Waals surface area contributed by atoms with Crippen LogP contribution in [0.3, 0.4) is 0 Å². The molecule has 0 radical (unpaired) electrons. The van der Waals surface area contributed by atoms with Gasteiger partial charge in [-0.05, 0) is 42.9 Å². The minimum Gasteiger partial charge on any atom is -0.453 e. The van der Waals surface area contributed by atoms with Gasteiger partial charge < -0.3 is 19.3 Å². The Kier molecular flexibility index (Phi) is 7.75. The lowest BCUT2D eigenvalue weighted by molar-refractivity contribution is 0.122. The molecule has 2 fully saturated rings. The van der Waals surface area contributed by atoms with Gasteiger partial charge in [-0.15, -0.1) is 0 Å². The summed E-state index contributed by atoms with van der Waals surface area (Å²) in [7, 11) is 1.33. The number of hydrogen-bond donors (Lipinski definition) is 1. The molecular formula is C25H31N7O4S. The number of likely N-dealkylation sites (tertiary alicyclic amines) is 1. The minimum atomic E-state index is -0.523. The van der Waals surface area contributed by atoms with E-state index in [0.717, 1.165) is 54.1 Å². The number of fused-ring (bicyclic) bond motifs is 1. The van der Waals surface area contributed by atoms with Gasteiger partial charge in [-0.3, -0.25) is 10.1 Å². The van der Waals surface area contributed by atoms with Crippen LogP contribution in [0.2, 0.25) is 0 Å². The number of methoxy groups -OCH3 is 1. The zero-order valence-corrected chi connectivity index (χ0v) is 21.9. The molecule has 2 saturated heterocycles. The van der Waals surface area contributed by atoms with Gasteiger partial charge >= 0.3 is 6.09 Å². The second kappa shape index (κ2) is 11.3. The van der Waals surface area contributed by atoms with Crippen LogP contribution in [0.15, 0.2) is 30.5 Å². The van der Waals surface area contributed by atoms with Crippen LogP contribution < -0.4 is 10.2 Å². The van der Waals surface area contributed by atoms with Crippen molar-refractivity contribution in [2.45, 2.75) is 25.8 Å². The summed E-state index contributed by atoms with van der Waals surface area (Å²) in [4.78, 5) is 37.9. The van der Waals surface area contributed by atoms with Crippen LogP contribution in [0.5, 0.6) is 0 Å². The highest BCUT2D eigenvalue weighted by atomic mass is 32.2. The Morgan fingerprint density at radius 1 is 1.11 bits per heavy atom. The van der Waals surface area contributed by atoms with Crippen LogP contribution >= 0.6 is 11.8 Å². The largest absolute Gasteiger partial charge is 0.453 e. The molecule has 4 heterocycles. The van der Waals surface area contributed by atoms with Gasteiger partial charge in [0.2, 0.25) is 0 Å². The Balaban J connectivity index is 1.47. The summed E-state index contributed by atoms with van der Waals surface area (Å²) in [6, 6.07) is 7.51. The minimum absolute atomic E-state index is 0.149. The Morgan fingerprint density at radius 2 is 1.84 bits per heavy atom. The highest BCUT2D eigenvalue weighted by Crippen LogP contribution is 2.32. The average molecular weight is 526 g/mol. The molecule has 1 aromatic carbocycles. The van der Waals surface area contributed by atoms with Crippen LogP contribution in [-0.2, 0) is 9.47 Å². The Morgan fingerprint density at radius 3 is 2.51 bits per heavy atom. The maximum Gasteiger partial charge on any atom is 0.411 e. The molecule has 12 heteroatoms. The molecule has 0 atom stereocenters. The normalized spacial score (nSPS) is 16.7. The van der Waals surface area contributed by atoms with Crippen molar-refractivity contribution < 1.29 is 19.1 Å². The molecule has 2 aliphatic rings. The number of aromatic nitrogens is 4. The SMILES string of the molecule is CCSC(=O)N1CCC(n2ncc3c(N4CCOCC4)nc(-c4ccc(NC(=O)OC)cc4)nc32)CC1. The highest BCUT2D eigenvalue weighted by molar-refractivity contribution is 8.13. The topological polar surface area (TPSA) is 115 Å². The highest BCUT2D eigenvalue weighted by Gasteiger charge is 2.27. The van der Waals surface area contributed by atoms with Crippen molar-refractivity contribution in [3.63, 3.8) is 0 Å². The van der Waals surface area contributed by atoms with Crippen molar-refractivity contribution in [1.29, 1.82) is 0 Å². The standard InChI is InChI=1S/C25H31N7O4S/c1-3-37-25(34)31-10-8-19(9-11-31)32-23-20(16-26-32)22(30-12-14-36-15-13-30)28-21(29-23)17-4-6-18(7-5-17)27-24(33)35-2/h4-7,16,19H,3,8-15H2,1-2H3,(H,27,33). The number of carbonyl (C=O) groups excluding carboxylic acids is 2. The first-order chi connectivity index (χ1) is 18.1. The summed E-state index contributed by atoms with van der Waals surface area (Å²) in [5.74, 6) is 2.22. The van der Waals surface area contributed by atoms with E-state index in [0.29, 0.717) is 37.8 Å². The molecule has 37 heavy (non-hydrogen) atoms. The number of nitrogens with one attached hydrogen (secondary N) is 1. The molecule has 0 bridgehead atoms. The average Bonchev–Trinajstić information content (AvgIpc) is 3.37. The molecule has 2 aromatic heterocycles. The van der Waals surface area contributed by atoms with Crippen molar-refractivity contribution in [3.05, 3.63) is 30.5 Å². The van der Waals surface area contributed by atoms with Crippen LogP contribution in [0.1, 0.15) is 25.8 Å². The lowest BCUT2D eigenvalue weighted by Crippen LogP contribution is -2.37. The maximum absolute atomic E-state index is 12.3. The lowest BCUT2D eigenvalue weighted by atomic mass is 10.1. The molecule has 196 valence electrons. The van der Waals surface area contributed by atoms with E-state index < -0.39 is 6.09 Å². The predicted octanol–water partition coefficient (Wildman–Crippen LogP) is 4.02. The Hall–Kier alpha value is -3.38. The van der Waals surface area contributed by atoms with E-state index in [1.54, 1.807) is 12.1 Å². The predicted molar refractivity (Wildman–Crippen MR) is 143 cm³/mol. The van der Waals surface area contributed by atoms with Crippen LogP contribution in [0, 0.1) is 0 Å². The fourth-order valence-electron chi connectivity index (χ4n) is 4.70. The number of hydrogen-bond acceptors (Lipinski definition) is 9. The zero-order valence-electron chi connectivity index (χ0n) is 21.1. The van der Waals surface area contributed by atoms with Gasteiger partial charge in [0.05, 0.1) is 37.9 Å². The second-order valence-corrected chi connectivity index (χ2v) is 10.1. The van der Waals surface area contributed by atoms with Gasteiger partial charge in [0.25, 0.3) is 5.24 Å². The van der Waals surface area contributed by atoms with E-state index in [2.05, 4.69) is 15.0 Å². The number of benzene rings is 1. The summed E-state index contributed by atoms with van der Waals surface area (Å²) < 4.78 is 12.2. The monoisotopic (exact) mass is 525 g/mol. The first-order valence-corrected chi connectivity index (χ1v) is 13.5. The van der Waals surface area contributed by atoms with Gasteiger partial charge in [0, 0.05) is 37.4 Å². The number of anilines is 2. The molecule has 2 aliphatic heterocycles. The number of amides is 2. The molecule has 0 unspecified atom stereocenters. The number of piperidine rings is 1. The third-order valence-corrected chi connectivity index (χ3v) is 7.45. The van der Waals surface area contributed by atoms with Gasteiger partial charge in [-0.2, -0.15) is 5.10 Å². The molecule has 0 saturated carbocycles. The third kappa shape index (κ3) is 5.49. The van der Waals surface area contributed by atoms with Crippen LogP contribution in [-0.4, -0.2) is 88.2 Å². The number of ether oxygens (including phenoxy) is 2. The zero-order chi connectivity index (χ0) is 25.8. The van der Waals surface area contributed by atoms with E-state index in [-0.39, 0.29) is 11.3 Å². The Bertz CT molecular complexity index is 1250. The summed E-state index contributed by atoms with van der Waals surface area (Å²) in [5.41, 5.74) is 2.24. The van der Waals surface area contributed by atoms with Crippen LogP contribution in [0.4, 0.5) is 21.1 Å². The van der Waals surface area contributed by atoms with Gasteiger partial charge in [0.15, 0.2) is 11.5 Å². The summed E-state index contributed by atoms with van der Waals surface area (Å²) >= 11 is 1.36. The van der Waals surface area contributed by atoms with E-state index in [1.165, 1.54) is 18.9 Å². The molecule has 0 spiro atoms.